The van der Waals surface area contributed by atoms with Crippen LogP contribution in [0.5, 0.6) is 5.75 Å². The van der Waals surface area contributed by atoms with E-state index in [-0.39, 0.29) is 33.4 Å². The Labute approximate surface area is 205 Å². The summed E-state index contributed by atoms with van der Waals surface area (Å²) in [7, 11) is 0. The highest BCUT2D eigenvalue weighted by Crippen LogP contribution is 2.34. The van der Waals surface area contributed by atoms with Crippen molar-refractivity contribution >= 4 is 45.8 Å². The maximum Gasteiger partial charge on any atom is 0.341 e. The standard InChI is InChI=1S/C25H24N2O7S/c1-4-33-25(32)20-15(3)21(22(30)26-17-8-6-5-7-9-17)35-23(20)27-19(29)13-34-24(31)16-11-10-14(2)18(28)12-16/h5-12,28H,4,13H2,1-3H3,(H,26,30)(H,27,29). The van der Waals surface area contributed by atoms with E-state index in [1.54, 1.807) is 51.1 Å². The zero-order valence-corrected chi connectivity index (χ0v) is 20.2. The van der Waals surface area contributed by atoms with Crippen LogP contribution in [0, 0.1) is 13.8 Å². The normalized spacial score (nSPS) is 10.4. The molecule has 9 nitrogen and oxygen atoms in total. The Morgan fingerprint density at radius 1 is 0.943 bits per heavy atom. The van der Waals surface area contributed by atoms with E-state index in [4.69, 9.17) is 9.47 Å². The fourth-order valence-electron chi connectivity index (χ4n) is 3.09. The molecular weight excluding hydrogens is 472 g/mol. The number of hydrogen-bond donors (Lipinski definition) is 3. The van der Waals surface area contributed by atoms with Crippen molar-refractivity contribution in [3.63, 3.8) is 0 Å². The molecule has 0 saturated heterocycles. The second-order valence-electron chi connectivity index (χ2n) is 7.43. The van der Waals surface area contributed by atoms with Gasteiger partial charge in [-0.25, -0.2) is 9.59 Å². The van der Waals surface area contributed by atoms with Crippen molar-refractivity contribution in [1.82, 2.24) is 0 Å². The second-order valence-corrected chi connectivity index (χ2v) is 8.45. The van der Waals surface area contributed by atoms with Gasteiger partial charge in [0.15, 0.2) is 6.61 Å². The number of phenols is 1. The summed E-state index contributed by atoms with van der Waals surface area (Å²) in [4.78, 5) is 50.3. The Morgan fingerprint density at radius 2 is 1.66 bits per heavy atom. The zero-order chi connectivity index (χ0) is 25.5. The average Bonchev–Trinajstić information content (AvgIpc) is 3.15. The van der Waals surface area contributed by atoms with Crippen LogP contribution in [0.15, 0.2) is 48.5 Å². The molecular formula is C25H24N2O7S. The van der Waals surface area contributed by atoms with Crippen molar-refractivity contribution in [2.75, 3.05) is 23.8 Å². The van der Waals surface area contributed by atoms with Gasteiger partial charge in [0.05, 0.1) is 22.6 Å². The highest BCUT2D eigenvalue weighted by molar-refractivity contribution is 7.19. The van der Waals surface area contributed by atoms with Crippen molar-refractivity contribution in [2.45, 2.75) is 20.8 Å². The molecule has 0 radical (unpaired) electrons. The summed E-state index contributed by atoms with van der Waals surface area (Å²) in [5, 5.41) is 15.1. The molecule has 3 N–H and O–H groups in total. The smallest absolute Gasteiger partial charge is 0.341 e. The Hall–Kier alpha value is -4.18. The lowest BCUT2D eigenvalue weighted by Gasteiger charge is -2.08. The Bertz CT molecular complexity index is 1270. The number of para-hydroxylation sites is 1. The predicted octanol–water partition coefficient (Wildman–Crippen LogP) is 4.30. The van der Waals surface area contributed by atoms with Crippen molar-refractivity contribution in [3.05, 3.63) is 75.7 Å². The molecule has 0 atom stereocenters. The number of esters is 2. The molecule has 10 heteroatoms. The second kappa shape index (κ2) is 11.3. The van der Waals surface area contributed by atoms with E-state index in [9.17, 15) is 24.3 Å². The summed E-state index contributed by atoms with van der Waals surface area (Å²) in [6, 6.07) is 13.1. The van der Waals surface area contributed by atoms with E-state index in [1.165, 1.54) is 12.1 Å². The Morgan fingerprint density at radius 3 is 2.31 bits per heavy atom. The molecule has 3 rings (SSSR count). The third kappa shape index (κ3) is 6.24. The quantitative estimate of drug-likeness (QED) is 0.396. The molecule has 182 valence electrons. The number of hydrogen-bond acceptors (Lipinski definition) is 8. The topological polar surface area (TPSA) is 131 Å². The molecule has 0 unspecified atom stereocenters. The summed E-state index contributed by atoms with van der Waals surface area (Å²) < 4.78 is 10.1. The number of ether oxygens (including phenoxy) is 2. The van der Waals surface area contributed by atoms with Gasteiger partial charge in [-0.3, -0.25) is 9.59 Å². The summed E-state index contributed by atoms with van der Waals surface area (Å²) in [5.74, 6) is -2.72. The minimum Gasteiger partial charge on any atom is -0.508 e. The molecule has 0 aliphatic carbocycles. The van der Waals surface area contributed by atoms with Crippen LogP contribution in [0.1, 0.15) is 48.4 Å². The van der Waals surface area contributed by atoms with E-state index in [0.717, 1.165) is 11.3 Å². The molecule has 2 aromatic carbocycles. The predicted molar refractivity (Wildman–Crippen MR) is 131 cm³/mol. The molecule has 1 aromatic heterocycles. The lowest BCUT2D eigenvalue weighted by Crippen LogP contribution is -2.21. The maximum absolute atomic E-state index is 12.8. The van der Waals surface area contributed by atoms with Gasteiger partial charge in [-0.2, -0.15) is 0 Å². The molecule has 3 aromatic rings. The van der Waals surface area contributed by atoms with Gasteiger partial charge in [0, 0.05) is 5.69 Å². The number of nitrogens with one attached hydrogen (secondary N) is 2. The summed E-state index contributed by atoms with van der Waals surface area (Å²) in [6.45, 7) is 4.37. The van der Waals surface area contributed by atoms with Gasteiger partial charge >= 0.3 is 11.9 Å². The van der Waals surface area contributed by atoms with Crippen LogP contribution in [0.4, 0.5) is 10.7 Å². The zero-order valence-electron chi connectivity index (χ0n) is 19.3. The van der Waals surface area contributed by atoms with Gasteiger partial charge in [-0.1, -0.05) is 24.3 Å². The largest absolute Gasteiger partial charge is 0.508 e. The van der Waals surface area contributed by atoms with Crippen LogP contribution in [-0.4, -0.2) is 42.1 Å². The number of aromatic hydroxyl groups is 1. The first kappa shape index (κ1) is 25.4. The van der Waals surface area contributed by atoms with Crippen LogP contribution < -0.4 is 10.6 Å². The number of carbonyl (C=O) groups excluding carboxylic acids is 4. The van der Waals surface area contributed by atoms with E-state index < -0.39 is 30.4 Å². The number of thiophene rings is 1. The van der Waals surface area contributed by atoms with Crippen molar-refractivity contribution in [3.8, 4) is 5.75 Å². The number of amides is 2. The molecule has 0 spiro atoms. The molecule has 0 saturated carbocycles. The van der Waals surface area contributed by atoms with E-state index in [2.05, 4.69) is 10.6 Å². The van der Waals surface area contributed by atoms with Crippen molar-refractivity contribution < 1.29 is 33.8 Å². The van der Waals surface area contributed by atoms with E-state index in [1.807, 2.05) is 6.07 Å². The fourth-order valence-corrected chi connectivity index (χ4v) is 4.20. The molecule has 0 aliphatic rings. The first-order valence-electron chi connectivity index (χ1n) is 10.6. The third-order valence-electron chi connectivity index (χ3n) is 4.90. The van der Waals surface area contributed by atoms with Crippen LogP contribution in [0.2, 0.25) is 0 Å². The molecule has 0 fully saturated rings. The number of carbonyl (C=O) groups is 4. The van der Waals surface area contributed by atoms with Gasteiger partial charge < -0.3 is 25.2 Å². The lowest BCUT2D eigenvalue weighted by atomic mass is 10.1. The SMILES string of the molecule is CCOC(=O)c1c(NC(=O)COC(=O)c2ccc(C)c(O)c2)sc(C(=O)Nc2ccccc2)c1C. The average molecular weight is 497 g/mol. The molecule has 1 heterocycles. The molecule has 2 amide bonds. The maximum atomic E-state index is 12.8. The van der Waals surface area contributed by atoms with Gasteiger partial charge in [0.1, 0.15) is 10.8 Å². The summed E-state index contributed by atoms with van der Waals surface area (Å²) in [6.07, 6.45) is 0. The Kier molecular flexibility index (Phi) is 8.21. The molecule has 35 heavy (non-hydrogen) atoms. The fraction of sp³-hybridized carbons (Fsp3) is 0.200. The molecule has 0 bridgehead atoms. The first-order valence-corrected chi connectivity index (χ1v) is 11.5. The highest BCUT2D eigenvalue weighted by atomic mass is 32.1. The number of phenolic OH excluding ortho intramolecular Hbond substituents is 1. The first-order chi connectivity index (χ1) is 16.7. The van der Waals surface area contributed by atoms with E-state index >= 15 is 0 Å². The number of benzene rings is 2. The van der Waals surface area contributed by atoms with Gasteiger partial charge in [-0.05, 0) is 56.2 Å². The Balaban J connectivity index is 1.76. The number of aryl methyl sites for hydroxylation is 1. The van der Waals surface area contributed by atoms with Crippen LogP contribution in [0.3, 0.4) is 0 Å². The van der Waals surface area contributed by atoms with Crippen LogP contribution in [0.25, 0.3) is 0 Å². The van der Waals surface area contributed by atoms with Crippen molar-refractivity contribution in [1.29, 1.82) is 0 Å². The summed E-state index contributed by atoms with van der Waals surface area (Å²) in [5.41, 5.74) is 1.65. The van der Waals surface area contributed by atoms with Crippen molar-refractivity contribution in [2.24, 2.45) is 0 Å². The van der Waals surface area contributed by atoms with Crippen LogP contribution >= 0.6 is 11.3 Å². The summed E-state index contributed by atoms with van der Waals surface area (Å²) >= 11 is 0.912. The number of rotatable bonds is 8. The highest BCUT2D eigenvalue weighted by Gasteiger charge is 2.27. The lowest BCUT2D eigenvalue weighted by molar-refractivity contribution is -0.119. The van der Waals surface area contributed by atoms with Gasteiger partial charge in [-0.15, -0.1) is 11.3 Å². The monoisotopic (exact) mass is 496 g/mol. The van der Waals surface area contributed by atoms with Gasteiger partial charge in [0.25, 0.3) is 11.8 Å². The third-order valence-corrected chi connectivity index (χ3v) is 6.10. The number of anilines is 2. The van der Waals surface area contributed by atoms with Gasteiger partial charge in [0.2, 0.25) is 0 Å². The van der Waals surface area contributed by atoms with E-state index in [0.29, 0.717) is 16.8 Å². The minimum absolute atomic E-state index is 0.0539. The minimum atomic E-state index is -0.800. The van der Waals surface area contributed by atoms with Crippen LogP contribution in [-0.2, 0) is 14.3 Å². The molecule has 0 aliphatic heterocycles.